The highest BCUT2D eigenvalue weighted by Gasteiger charge is 2.11. The minimum absolute atomic E-state index is 0.138. The van der Waals surface area contributed by atoms with Crippen molar-refractivity contribution in [2.45, 2.75) is 24.1 Å². The summed E-state index contributed by atoms with van der Waals surface area (Å²) in [5.74, 6) is 1.75. The van der Waals surface area contributed by atoms with Crippen molar-refractivity contribution in [2.75, 3.05) is 30.6 Å². The monoisotopic (exact) mass is 444 g/mol. The van der Waals surface area contributed by atoms with Crippen LogP contribution in [-0.4, -0.2) is 36.1 Å². The number of hydrogen-bond donors (Lipinski definition) is 2. The lowest BCUT2D eigenvalue weighted by Crippen LogP contribution is -2.14. The van der Waals surface area contributed by atoms with Crippen molar-refractivity contribution in [1.29, 1.82) is 0 Å². The maximum absolute atomic E-state index is 12.3. The van der Waals surface area contributed by atoms with Crippen LogP contribution in [0.5, 0.6) is 11.5 Å². The number of benzene rings is 2. The Hall–Kier alpha value is -2.78. The predicted octanol–water partition coefficient (Wildman–Crippen LogP) is 5.15. The third-order valence-electron chi connectivity index (χ3n) is 4.23. The van der Waals surface area contributed by atoms with Crippen LogP contribution in [0.15, 0.2) is 46.8 Å². The standard InChI is InChI=1S/C21H24N4O3S2/c1-13(2)14-5-7-15(8-6-14)23-20-24-25-21(30-20)29-12-19(26)22-16-9-10-17(27-3)18(11-16)28-4/h5-11,13H,12H2,1-4H3,(H,22,26)(H,23,24). The van der Waals surface area contributed by atoms with Crippen LogP contribution in [-0.2, 0) is 4.79 Å². The van der Waals surface area contributed by atoms with Gasteiger partial charge in [0, 0.05) is 17.4 Å². The van der Waals surface area contributed by atoms with E-state index in [2.05, 4.69) is 46.8 Å². The number of nitrogens with zero attached hydrogens (tertiary/aromatic N) is 2. The minimum Gasteiger partial charge on any atom is -0.493 e. The second-order valence-electron chi connectivity index (χ2n) is 6.68. The summed E-state index contributed by atoms with van der Waals surface area (Å²) in [6.45, 7) is 4.33. The third kappa shape index (κ3) is 5.87. The molecule has 0 saturated heterocycles. The number of carbonyl (C=O) groups excluding carboxylic acids is 1. The van der Waals surface area contributed by atoms with Crippen LogP contribution < -0.4 is 20.1 Å². The molecule has 0 radical (unpaired) electrons. The lowest BCUT2D eigenvalue weighted by Gasteiger charge is -2.10. The molecule has 0 saturated carbocycles. The van der Waals surface area contributed by atoms with Crippen LogP contribution >= 0.6 is 23.1 Å². The number of rotatable bonds is 9. The maximum Gasteiger partial charge on any atom is 0.234 e. The minimum atomic E-state index is -0.138. The number of anilines is 3. The van der Waals surface area contributed by atoms with Gasteiger partial charge in [0.05, 0.1) is 20.0 Å². The van der Waals surface area contributed by atoms with E-state index in [9.17, 15) is 4.79 Å². The van der Waals surface area contributed by atoms with Crippen molar-refractivity contribution < 1.29 is 14.3 Å². The second-order valence-corrected chi connectivity index (χ2v) is 8.88. The van der Waals surface area contributed by atoms with Crippen LogP contribution in [0.2, 0.25) is 0 Å². The molecule has 1 heterocycles. The van der Waals surface area contributed by atoms with Crippen LogP contribution in [0, 0.1) is 0 Å². The number of carbonyl (C=O) groups is 1. The zero-order valence-electron chi connectivity index (χ0n) is 17.3. The number of hydrogen-bond acceptors (Lipinski definition) is 8. The Balaban J connectivity index is 1.51. The van der Waals surface area contributed by atoms with Crippen LogP contribution in [0.25, 0.3) is 0 Å². The van der Waals surface area contributed by atoms with Gasteiger partial charge in [-0.25, -0.2) is 0 Å². The maximum atomic E-state index is 12.3. The van der Waals surface area contributed by atoms with Gasteiger partial charge in [0.25, 0.3) is 0 Å². The number of aromatic nitrogens is 2. The zero-order chi connectivity index (χ0) is 21.5. The molecule has 3 aromatic rings. The number of ether oxygens (including phenoxy) is 2. The Morgan fingerprint density at radius 1 is 1.03 bits per heavy atom. The molecule has 0 unspecified atom stereocenters. The molecule has 0 aliphatic carbocycles. The van der Waals surface area contributed by atoms with Gasteiger partial charge in [0.2, 0.25) is 11.0 Å². The van der Waals surface area contributed by atoms with E-state index in [1.165, 1.54) is 28.7 Å². The average Bonchev–Trinajstić information content (AvgIpc) is 3.20. The van der Waals surface area contributed by atoms with E-state index < -0.39 is 0 Å². The van der Waals surface area contributed by atoms with E-state index in [0.29, 0.717) is 28.2 Å². The molecule has 0 atom stereocenters. The highest BCUT2D eigenvalue weighted by molar-refractivity contribution is 8.01. The summed E-state index contributed by atoms with van der Waals surface area (Å²) in [5.41, 5.74) is 2.88. The van der Waals surface area contributed by atoms with E-state index in [-0.39, 0.29) is 11.7 Å². The van der Waals surface area contributed by atoms with Crippen molar-refractivity contribution in [2.24, 2.45) is 0 Å². The quantitative estimate of drug-likeness (QED) is 0.441. The summed E-state index contributed by atoms with van der Waals surface area (Å²) in [5, 5.41) is 15.1. The molecule has 0 bridgehead atoms. The topological polar surface area (TPSA) is 85.4 Å². The molecule has 0 aliphatic heterocycles. The van der Waals surface area contributed by atoms with Gasteiger partial charge in [0.15, 0.2) is 15.8 Å². The molecular weight excluding hydrogens is 420 g/mol. The Labute approximate surface area is 184 Å². The molecule has 1 amide bonds. The van der Waals surface area contributed by atoms with Gasteiger partial charge in [-0.15, -0.1) is 10.2 Å². The Bertz CT molecular complexity index is 990. The van der Waals surface area contributed by atoms with Gasteiger partial charge < -0.3 is 20.1 Å². The largest absolute Gasteiger partial charge is 0.493 e. The number of nitrogens with one attached hydrogen (secondary N) is 2. The molecule has 0 spiro atoms. The molecule has 0 aliphatic rings. The van der Waals surface area contributed by atoms with Crippen molar-refractivity contribution in [1.82, 2.24) is 10.2 Å². The van der Waals surface area contributed by atoms with Gasteiger partial charge in [-0.1, -0.05) is 49.1 Å². The first-order chi connectivity index (χ1) is 14.5. The Kier molecular flexibility index (Phi) is 7.53. The summed E-state index contributed by atoms with van der Waals surface area (Å²) in [6, 6.07) is 13.5. The van der Waals surface area contributed by atoms with Crippen molar-refractivity contribution >= 4 is 45.5 Å². The lowest BCUT2D eigenvalue weighted by atomic mass is 10.0. The van der Waals surface area contributed by atoms with Gasteiger partial charge >= 0.3 is 0 Å². The number of methoxy groups -OCH3 is 2. The Morgan fingerprint density at radius 2 is 1.73 bits per heavy atom. The van der Waals surface area contributed by atoms with Crippen LogP contribution in [0.4, 0.5) is 16.5 Å². The van der Waals surface area contributed by atoms with E-state index in [1.54, 1.807) is 32.4 Å². The second kappa shape index (κ2) is 10.3. The van der Waals surface area contributed by atoms with E-state index in [1.807, 2.05) is 12.1 Å². The average molecular weight is 445 g/mol. The third-order valence-corrected chi connectivity index (χ3v) is 6.20. The zero-order valence-corrected chi connectivity index (χ0v) is 18.9. The van der Waals surface area contributed by atoms with Crippen molar-refractivity contribution in [3.05, 3.63) is 48.0 Å². The van der Waals surface area contributed by atoms with Crippen molar-refractivity contribution in [3.8, 4) is 11.5 Å². The summed E-state index contributed by atoms with van der Waals surface area (Å²) >= 11 is 2.75. The van der Waals surface area contributed by atoms with Gasteiger partial charge in [0.1, 0.15) is 0 Å². The SMILES string of the molecule is COc1ccc(NC(=O)CSc2nnc(Nc3ccc(C(C)C)cc3)s2)cc1OC. The smallest absolute Gasteiger partial charge is 0.234 e. The molecule has 0 fully saturated rings. The first kappa shape index (κ1) is 21.9. The molecule has 9 heteroatoms. The molecule has 30 heavy (non-hydrogen) atoms. The lowest BCUT2D eigenvalue weighted by molar-refractivity contribution is -0.113. The number of amides is 1. The number of thioether (sulfide) groups is 1. The van der Waals surface area contributed by atoms with Gasteiger partial charge in [-0.05, 0) is 35.7 Å². The van der Waals surface area contributed by atoms with Crippen LogP contribution in [0.3, 0.4) is 0 Å². The summed E-state index contributed by atoms with van der Waals surface area (Å²) < 4.78 is 11.2. The first-order valence-electron chi connectivity index (χ1n) is 9.33. The van der Waals surface area contributed by atoms with E-state index >= 15 is 0 Å². The molecular formula is C21H24N4O3S2. The molecule has 2 aromatic carbocycles. The van der Waals surface area contributed by atoms with Gasteiger partial charge in [-0.2, -0.15) is 0 Å². The summed E-state index contributed by atoms with van der Waals surface area (Å²) in [7, 11) is 3.12. The predicted molar refractivity (Wildman–Crippen MR) is 123 cm³/mol. The highest BCUT2D eigenvalue weighted by Crippen LogP contribution is 2.31. The molecule has 7 nitrogen and oxygen atoms in total. The molecule has 3 rings (SSSR count). The normalized spacial score (nSPS) is 10.7. The fraction of sp³-hybridized carbons (Fsp3) is 0.286. The first-order valence-corrected chi connectivity index (χ1v) is 11.1. The summed E-state index contributed by atoms with van der Waals surface area (Å²) in [6.07, 6.45) is 0. The molecule has 158 valence electrons. The van der Waals surface area contributed by atoms with Crippen molar-refractivity contribution in [3.63, 3.8) is 0 Å². The van der Waals surface area contributed by atoms with Crippen LogP contribution in [0.1, 0.15) is 25.3 Å². The molecule has 2 N–H and O–H groups in total. The fourth-order valence-electron chi connectivity index (χ4n) is 2.63. The Morgan fingerprint density at radius 3 is 2.40 bits per heavy atom. The summed E-state index contributed by atoms with van der Waals surface area (Å²) in [4.78, 5) is 12.3. The molecule has 1 aromatic heterocycles. The highest BCUT2D eigenvalue weighted by atomic mass is 32.2. The fourth-order valence-corrected chi connectivity index (χ4v) is 4.20. The van der Waals surface area contributed by atoms with Gasteiger partial charge in [-0.3, -0.25) is 4.79 Å². The van der Waals surface area contributed by atoms with E-state index in [0.717, 1.165) is 10.0 Å². The van der Waals surface area contributed by atoms with E-state index in [4.69, 9.17) is 9.47 Å².